The minimum absolute atomic E-state index is 0.235. The van der Waals surface area contributed by atoms with Crippen LogP contribution in [0, 0.1) is 11.6 Å². The van der Waals surface area contributed by atoms with E-state index in [1.807, 2.05) is 0 Å². The van der Waals surface area contributed by atoms with Crippen LogP contribution < -0.4 is 16.3 Å². The number of hydrogen-bond donors (Lipinski definition) is 4. The van der Waals surface area contributed by atoms with Crippen molar-refractivity contribution in [3.63, 3.8) is 0 Å². The van der Waals surface area contributed by atoms with Crippen molar-refractivity contribution in [3.05, 3.63) is 99.9 Å². The maximum absolute atomic E-state index is 13.6. The van der Waals surface area contributed by atoms with Gasteiger partial charge in [0, 0.05) is 6.20 Å². The Kier molecular flexibility index (Phi) is 5.98. The van der Waals surface area contributed by atoms with Gasteiger partial charge in [-0.1, -0.05) is 11.3 Å². The predicted octanol–water partition coefficient (Wildman–Crippen LogP) is 3.21. The zero-order chi connectivity index (χ0) is 25.2. The molecule has 10 nitrogen and oxygen atoms in total. The van der Waals surface area contributed by atoms with E-state index in [4.69, 9.17) is 0 Å². The number of nitrogens with one attached hydrogen (secondary N) is 4. The highest BCUT2D eigenvalue weighted by atomic mass is 19.2. The number of anilines is 1. The second-order valence-electron chi connectivity index (χ2n) is 8.09. The van der Waals surface area contributed by atoms with Crippen LogP contribution in [0.1, 0.15) is 34.6 Å². The standard InChI is InChI=1S/C24H20F2N8O2/c1-13(14-4-6-18(25)19(26)9-14)29-23(35)17-3-2-8-27-22(17)28-11-15-12-34(33-32-15)16-5-7-20-21(10-16)31-24(36)30-20/h2-10,12-13H,11H2,1H3,(H,27,28)(H,29,35)(H2,30,31,36). The molecule has 2 aromatic carbocycles. The number of amides is 1. The summed E-state index contributed by atoms with van der Waals surface area (Å²) in [6, 6.07) is 11.5. The van der Waals surface area contributed by atoms with Crippen molar-refractivity contribution < 1.29 is 13.6 Å². The zero-order valence-corrected chi connectivity index (χ0v) is 18.9. The van der Waals surface area contributed by atoms with Crippen molar-refractivity contribution in [1.82, 2.24) is 35.3 Å². The number of carbonyl (C=O) groups is 1. The Balaban J connectivity index is 1.27. The number of nitrogens with zero attached hydrogens (tertiary/aromatic N) is 4. The maximum atomic E-state index is 13.6. The molecule has 0 aliphatic heterocycles. The lowest BCUT2D eigenvalue weighted by atomic mass is 10.1. The summed E-state index contributed by atoms with van der Waals surface area (Å²) in [4.78, 5) is 34.0. The van der Waals surface area contributed by atoms with Crippen LogP contribution in [-0.4, -0.2) is 35.9 Å². The second-order valence-corrected chi connectivity index (χ2v) is 8.09. The highest BCUT2D eigenvalue weighted by molar-refractivity contribution is 5.98. The number of imidazole rings is 1. The number of aromatic amines is 2. The second kappa shape index (κ2) is 9.41. The summed E-state index contributed by atoms with van der Waals surface area (Å²) in [5.41, 5.74) is 3.05. The minimum Gasteiger partial charge on any atom is -0.364 e. The number of benzene rings is 2. The van der Waals surface area contributed by atoms with Crippen LogP contribution in [0.25, 0.3) is 16.7 Å². The molecule has 1 unspecified atom stereocenters. The fourth-order valence-electron chi connectivity index (χ4n) is 3.71. The highest BCUT2D eigenvalue weighted by Gasteiger charge is 2.17. The molecule has 4 N–H and O–H groups in total. The van der Waals surface area contributed by atoms with Gasteiger partial charge in [-0.05, 0) is 55.0 Å². The quantitative estimate of drug-likeness (QED) is 0.277. The van der Waals surface area contributed by atoms with E-state index >= 15 is 0 Å². The van der Waals surface area contributed by atoms with Crippen LogP contribution in [0.3, 0.4) is 0 Å². The van der Waals surface area contributed by atoms with Gasteiger partial charge in [0.15, 0.2) is 11.6 Å². The van der Waals surface area contributed by atoms with Crippen LogP contribution in [-0.2, 0) is 6.54 Å². The van der Waals surface area contributed by atoms with Gasteiger partial charge < -0.3 is 20.6 Å². The summed E-state index contributed by atoms with van der Waals surface area (Å²) in [5.74, 6) is -2.03. The molecule has 1 atom stereocenters. The van der Waals surface area contributed by atoms with Crippen LogP contribution in [0.2, 0.25) is 0 Å². The number of fused-ring (bicyclic) bond motifs is 1. The van der Waals surface area contributed by atoms with Crippen molar-refractivity contribution in [2.24, 2.45) is 0 Å². The molecule has 3 heterocycles. The van der Waals surface area contributed by atoms with E-state index in [2.05, 4.69) is 35.9 Å². The molecule has 0 spiro atoms. The first kappa shape index (κ1) is 22.9. The van der Waals surface area contributed by atoms with Crippen LogP contribution in [0.15, 0.2) is 65.7 Å². The van der Waals surface area contributed by atoms with Crippen molar-refractivity contribution in [3.8, 4) is 5.69 Å². The van der Waals surface area contributed by atoms with Crippen LogP contribution in [0.5, 0.6) is 0 Å². The van der Waals surface area contributed by atoms with Gasteiger partial charge in [0.05, 0.1) is 41.1 Å². The van der Waals surface area contributed by atoms with E-state index in [0.29, 0.717) is 33.8 Å². The van der Waals surface area contributed by atoms with Crippen molar-refractivity contribution >= 4 is 22.8 Å². The molecular formula is C24H20F2N8O2. The average molecular weight is 490 g/mol. The molecule has 0 radical (unpaired) electrons. The van der Waals surface area contributed by atoms with Gasteiger partial charge >= 0.3 is 5.69 Å². The summed E-state index contributed by atoms with van der Waals surface area (Å²) in [6.45, 7) is 1.91. The lowest BCUT2D eigenvalue weighted by molar-refractivity contribution is 0.0940. The smallest absolute Gasteiger partial charge is 0.323 e. The third-order valence-electron chi connectivity index (χ3n) is 5.59. The van der Waals surface area contributed by atoms with Gasteiger partial charge in [-0.25, -0.2) is 23.2 Å². The Morgan fingerprint density at radius 1 is 1.08 bits per heavy atom. The summed E-state index contributed by atoms with van der Waals surface area (Å²) in [7, 11) is 0. The third kappa shape index (κ3) is 4.69. The summed E-state index contributed by atoms with van der Waals surface area (Å²) < 4.78 is 28.4. The molecule has 5 aromatic rings. The van der Waals surface area contributed by atoms with E-state index in [-0.39, 0.29) is 17.8 Å². The summed E-state index contributed by atoms with van der Waals surface area (Å²) in [6.07, 6.45) is 3.26. The van der Waals surface area contributed by atoms with Gasteiger partial charge in [-0.15, -0.1) is 5.10 Å². The Morgan fingerprint density at radius 3 is 2.75 bits per heavy atom. The lowest BCUT2D eigenvalue weighted by Gasteiger charge is -2.16. The largest absolute Gasteiger partial charge is 0.364 e. The highest BCUT2D eigenvalue weighted by Crippen LogP contribution is 2.19. The predicted molar refractivity (Wildman–Crippen MR) is 128 cm³/mol. The maximum Gasteiger partial charge on any atom is 0.323 e. The molecule has 3 aromatic heterocycles. The van der Waals surface area contributed by atoms with E-state index in [1.54, 1.807) is 54.3 Å². The molecule has 182 valence electrons. The van der Waals surface area contributed by atoms with Crippen molar-refractivity contribution in [1.29, 1.82) is 0 Å². The lowest BCUT2D eigenvalue weighted by Crippen LogP contribution is -2.27. The SMILES string of the molecule is CC(NC(=O)c1cccnc1NCc1cn(-c2ccc3[nH]c(=O)[nH]c3c2)nn1)c1ccc(F)c(F)c1. The Hall–Kier alpha value is -4.87. The van der Waals surface area contributed by atoms with Gasteiger partial charge in [-0.2, -0.15) is 0 Å². The van der Waals surface area contributed by atoms with Crippen molar-refractivity contribution in [2.45, 2.75) is 19.5 Å². The number of pyridine rings is 1. The number of hydrogen-bond acceptors (Lipinski definition) is 6. The van der Waals surface area contributed by atoms with Crippen LogP contribution in [0.4, 0.5) is 14.6 Å². The van der Waals surface area contributed by atoms with Gasteiger partial charge in [-0.3, -0.25) is 4.79 Å². The Bertz CT molecular complexity index is 1620. The zero-order valence-electron chi connectivity index (χ0n) is 18.9. The van der Waals surface area contributed by atoms with E-state index in [9.17, 15) is 18.4 Å². The first-order valence-electron chi connectivity index (χ1n) is 11.0. The van der Waals surface area contributed by atoms with Crippen LogP contribution >= 0.6 is 0 Å². The molecule has 0 aliphatic rings. The number of H-pyrrole nitrogens is 2. The molecule has 0 bridgehead atoms. The summed E-state index contributed by atoms with van der Waals surface area (Å²) in [5, 5.41) is 14.1. The van der Waals surface area contributed by atoms with Crippen molar-refractivity contribution in [2.75, 3.05) is 5.32 Å². The van der Waals surface area contributed by atoms with E-state index < -0.39 is 23.6 Å². The molecule has 36 heavy (non-hydrogen) atoms. The topological polar surface area (TPSA) is 133 Å². The fourth-order valence-corrected chi connectivity index (χ4v) is 3.71. The minimum atomic E-state index is -0.980. The average Bonchev–Trinajstić information content (AvgIpc) is 3.49. The first-order valence-corrected chi connectivity index (χ1v) is 11.0. The molecule has 0 aliphatic carbocycles. The first-order chi connectivity index (χ1) is 17.4. The number of rotatable bonds is 7. The molecular weight excluding hydrogens is 470 g/mol. The Morgan fingerprint density at radius 2 is 1.92 bits per heavy atom. The third-order valence-corrected chi connectivity index (χ3v) is 5.59. The number of halogens is 2. The van der Waals surface area contributed by atoms with E-state index in [1.165, 1.54) is 6.07 Å². The van der Waals surface area contributed by atoms with Gasteiger partial charge in [0.1, 0.15) is 11.5 Å². The number of carbonyl (C=O) groups excluding carboxylic acids is 1. The molecule has 0 saturated heterocycles. The molecule has 1 amide bonds. The molecule has 12 heteroatoms. The normalized spacial score (nSPS) is 12.0. The van der Waals surface area contributed by atoms with Gasteiger partial charge in [0.25, 0.3) is 5.91 Å². The fraction of sp³-hybridized carbons (Fsp3) is 0.125. The van der Waals surface area contributed by atoms with E-state index in [0.717, 1.165) is 12.1 Å². The monoisotopic (exact) mass is 490 g/mol. The molecule has 5 rings (SSSR count). The Labute approximate surface area is 202 Å². The number of aromatic nitrogens is 6. The molecule has 0 fully saturated rings. The summed E-state index contributed by atoms with van der Waals surface area (Å²) >= 11 is 0. The molecule has 0 saturated carbocycles. The van der Waals surface area contributed by atoms with Gasteiger partial charge in [0.2, 0.25) is 0 Å².